The predicted molar refractivity (Wildman–Crippen MR) is 183 cm³/mol. The lowest BCUT2D eigenvalue weighted by Gasteiger charge is -2.30. The summed E-state index contributed by atoms with van der Waals surface area (Å²) in [6, 6.07) is 14.0. The van der Waals surface area contributed by atoms with E-state index in [2.05, 4.69) is 17.9 Å². The number of hydrogen-bond donors (Lipinski definition) is 1. The zero-order valence-corrected chi connectivity index (χ0v) is 29.1. The number of allylic oxidation sites excluding steroid dienone is 5. The summed E-state index contributed by atoms with van der Waals surface area (Å²) < 4.78 is 70.8. The van der Waals surface area contributed by atoms with E-state index in [0.29, 0.717) is 19.5 Å². The van der Waals surface area contributed by atoms with Gasteiger partial charge in [0.25, 0.3) is 5.01 Å². The molecule has 254 valence electrons. The maximum absolute atomic E-state index is 11.4. The quantitative estimate of drug-likeness (QED) is 0.0814. The monoisotopic (exact) mass is 701 g/mol. The lowest BCUT2D eigenvalue weighted by molar-refractivity contribution is -0.668. The van der Waals surface area contributed by atoms with Gasteiger partial charge in [-0.3, -0.25) is 4.79 Å². The number of anilines is 1. The number of carboxylic acids is 1. The minimum absolute atomic E-state index is 0.123. The fraction of sp³-hybridized carbons (Fsp3) is 0.412. The molecule has 2 heterocycles. The van der Waals surface area contributed by atoms with Crippen LogP contribution in [0.2, 0.25) is 0 Å². The summed E-state index contributed by atoms with van der Waals surface area (Å²) in [7, 11) is -8.67. The van der Waals surface area contributed by atoms with E-state index in [4.69, 9.17) is 5.11 Å². The van der Waals surface area contributed by atoms with E-state index in [0.717, 1.165) is 57.0 Å². The topological polar surface area (TPSA) is 159 Å². The van der Waals surface area contributed by atoms with Crippen molar-refractivity contribution >= 4 is 59.5 Å². The highest BCUT2D eigenvalue weighted by molar-refractivity contribution is 7.85. The van der Waals surface area contributed by atoms with Crippen molar-refractivity contribution in [1.29, 1.82) is 0 Å². The molecule has 0 saturated heterocycles. The van der Waals surface area contributed by atoms with E-state index in [1.807, 2.05) is 78.3 Å². The van der Waals surface area contributed by atoms with Crippen LogP contribution < -0.4 is 9.47 Å². The molecule has 0 bridgehead atoms. The number of carboxylic acid groups (broad SMARTS) is 1. The largest absolute Gasteiger partial charge is 0.748 e. The van der Waals surface area contributed by atoms with Gasteiger partial charge in [-0.05, 0) is 56.9 Å². The number of aromatic nitrogens is 1. The molecule has 4 rings (SSSR count). The first-order chi connectivity index (χ1) is 22.2. The third-order valence-electron chi connectivity index (χ3n) is 8.36. The summed E-state index contributed by atoms with van der Waals surface area (Å²) in [5, 5.41) is 9.96. The zero-order valence-electron chi connectivity index (χ0n) is 26.6. The Balaban J connectivity index is 1.63. The van der Waals surface area contributed by atoms with Gasteiger partial charge in [0.15, 0.2) is 6.54 Å². The molecule has 0 saturated carbocycles. The molecule has 13 heteroatoms. The molecule has 0 fully saturated rings. The maximum atomic E-state index is 11.4. The number of thiazole rings is 1. The van der Waals surface area contributed by atoms with E-state index in [-0.39, 0.29) is 19.3 Å². The van der Waals surface area contributed by atoms with Gasteiger partial charge in [-0.25, -0.2) is 16.8 Å². The Bertz CT molecular complexity index is 1890. The minimum atomic E-state index is -4.36. The molecular weight excluding hydrogens is 661 g/mol. The highest BCUT2D eigenvalue weighted by Crippen LogP contribution is 2.51. The molecule has 47 heavy (non-hydrogen) atoms. The van der Waals surface area contributed by atoms with Gasteiger partial charge in [-0.2, -0.15) is 4.57 Å². The molecule has 1 atom stereocenters. The van der Waals surface area contributed by atoms with Gasteiger partial charge in [0.1, 0.15) is 4.70 Å². The number of aryl methyl sites for hydroxylation is 2. The minimum Gasteiger partial charge on any atom is -0.748 e. The summed E-state index contributed by atoms with van der Waals surface area (Å²) in [5.41, 5.74) is 4.68. The Morgan fingerprint density at radius 2 is 1.68 bits per heavy atom. The Morgan fingerprint density at radius 3 is 2.40 bits per heavy atom. The molecule has 1 unspecified atom stereocenters. The van der Waals surface area contributed by atoms with Gasteiger partial charge >= 0.3 is 5.97 Å². The van der Waals surface area contributed by atoms with Crippen LogP contribution in [-0.4, -0.2) is 55.1 Å². The average molecular weight is 702 g/mol. The van der Waals surface area contributed by atoms with Gasteiger partial charge in [0.05, 0.1) is 20.2 Å². The Hall–Kier alpha value is -3.36. The lowest BCUT2D eigenvalue weighted by Crippen LogP contribution is -2.35. The van der Waals surface area contributed by atoms with Gasteiger partial charge in [-0.15, -0.1) is 0 Å². The van der Waals surface area contributed by atoms with Crippen LogP contribution in [0.1, 0.15) is 68.0 Å². The molecule has 0 radical (unpaired) electrons. The van der Waals surface area contributed by atoms with Crippen LogP contribution in [0.3, 0.4) is 0 Å². The van der Waals surface area contributed by atoms with Crippen LogP contribution >= 0.6 is 11.3 Å². The summed E-state index contributed by atoms with van der Waals surface area (Å²) in [5.74, 6) is -1.70. The molecule has 1 aliphatic rings. The van der Waals surface area contributed by atoms with E-state index in [9.17, 15) is 30.7 Å². The summed E-state index contributed by atoms with van der Waals surface area (Å²) >= 11 is 1.56. The number of aliphatic carboxylic acids is 1. The molecular formula is C34H41N2O8S3-. The molecule has 1 N–H and O–H groups in total. The van der Waals surface area contributed by atoms with Crippen molar-refractivity contribution in [2.75, 3.05) is 23.0 Å². The third kappa shape index (κ3) is 10.1. The first kappa shape index (κ1) is 36.5. The van der Waals surface area contributed by atoms with Crippen molar-refractivity contribution in [3.8, 4) is 0 Å². The van der Waals surface area contributed by atoms with Crippen LogP contribution in [0.25, 0.3) is 16.3 Å². The Kier molecular flexibility index (Phi) is 12.2. The third-order valence-corrected chi connectivity index (χ3v) is 11.1. The van der Waals surface area contributed by atoms with Crippen LogP contribution in [0.4, 0.5) is 5.69 Å². The lowest BCUT2D eigenvalue weighted by atomic mass is 9.76. The van der Waals surface area contributed by atoms with E-state index in [1.165, 1.54) is 0 Å². The predicted octanol–water partition coefficient (Wildman–Crippen LogP) is 5.63. The number of hydrogen-bond acceptors (Lipinski definition) is 9. The number of nitrogens with zero attached hydrogens (tertiary/aromatic N) is 2. The highest BCUT2D eigenvalue weighted by atomic mass is 32.2. The number of fused-ring (bicyclic) bond motifs is 2. The fourth-order valence-electron chi connectivity index (χ4n) is 6.16. The SMILES string of the molecule is Cc1ccc2c(c1)C(C)(CCCCCC(=O)O)/C(=C/C=C/C=C/c1sc3ccccc3[n+]1CCCS(=O)(=O)[O-])N2CCCS(=O)(=O)[O-]. The standard InChI is InChI=1S/C34H42N2O8S3/c1-26-18-19-28-27(25-26)34(2,20-10-4-7-17-33(37)38)31(35(28)21-11-23-46(39,40)41)15-5-3-6-16-32-36(22-12-24-47(42,43)44)29-13-8-9-14-30(29)45-32/h3,5-6,8-9,13-16,18-19,25H,4,7,10-12,17,20-24H2,1-2H3,(H2-,37,38,39,40,41,42,43,44)/p-1. The van der Waals surface area contributed by atoms with Gasteiger partial charge in [-0.1, -0.05) is 72.2 Å². The van der Waals surface area contributed by atoms with E-state index >= 15 is 0 Å². The number of para-hydroxylation sites is 1. The van der Waals surface area contributed by atoms with Crippen molar-refractivity contribution in [1.82, 2.24) is 0 Å². The fourth-order valence-corrected chi connectivity index (χ4v) is 8.22. The van der Waals surface area contributed by atoms with Gasteiger partial charge in [0.2, 0.25) is 5.52 Å². The second-order valence-corrected chi connectivity index (χ2v) is 16.2. The molecule has 1 aromatic heterocycles. The van der Waals surface area contributed by atoms with Gasteiger partial charge in [0, 0.05) is 59.8 Å². The Morgan fingerprint density at radius 1 is 0.957 bits per heavy atom. The van der Waals surface area contributed by atoms with Crippen molar-refractivity contribution in [3.63, 3.8) is 0 Å². The summed E-state index contributed by atoms with van der Waals surface area (Å²) in [4.78, 5) is 13.1. The number of carbonyl (C=O) groups is 1. The van der Waals surface area contributed by atoms with Crippen molar-refractivity contribution in [3.05, 3.63) is 88.6 Å². The first-order valence-corrected chi connectivity index (χ1v) is 19.6. The second-order valence-electron chi connectivity index (χ2n) is 12.0. The zero-order chi connectivity index (χ0) is 34.2. The molecule has 0 amide bonds. The molecule has 3 aromatic rings. The number of unbranched alkanes of at least 4 members (excludes halogenated alkanes) is 2. The Labute approximate surface area is 281 Å². The van der Waals surface area contributed by atoms with Gasteiger partial charge < -0.3 is 19.1 Å². The van der Waals surface area contributed by atoms with Crippen molar-refractivity contribution in [2.24, 2.45) is 0 Å². The summed E-state index contributed by atoms with van der Waals surface area (Å²) in [6.07, 6.45) is 13.1. The molecule has 1 aliphatic heterocycles. The maximum Gasteiger partial charge on any atom is 0.303 e. The normalized spacial score (nSPS) is 17.9. The highest BCUT2D eigenvalue weighted by Gasteiger charge is 2.42. The first-order valence-electron chi connectivity index (χ1n) is 15.6. The molecule has 0 spiro atoms. The second kappa shape index (κ2) is 15.7. The van der Waals surface area contributed by atoms with E-state index < -0.39 is 43.1 Å². The van der Waals surface area contributed by atoms with Crippen LogP contribution in [0.15, 0.2) is 72.5 Å². The van der Waals surface area contributed by atoms with Crippen molar-refractivity contribution in [2.45, 2.75) is 70.8 Å². The van der Waals surface area contributed by atoms with Crippen molar-refractivity contribution < 1.29 is 40.4 Å². The van der Waals surface area contributed by atoms with Crippen LogP contribution in [0, 0.1) is 6.92 Å². The molecule has 10 nitrogen and oxygen atoms in total. The van der Waals surface area contributed by atoms with Crippen LogP contribution in [-0.2, 0) is 37.0 Å². The van der Waals surface area contributed by atoms with Crippen LogP contribution in [0.5, 0.6) is 0 Å². The molecule has 0 aliphatic carbocycles. The molecule has 2 aromatic carbocycles. The van der Waals surface area contributed by atoms with E-state index in [1.54, 1.807) is 11.3 Å². The summed E-state index contributed by atoms with van der Waals surface area (Å²) in [6.45, 7) is 4.91. The average Bonchev–Trinajstić information content (AvgIpc) is 3.43. The smallest absolute Gasteiger partial charge is 0.303 e. The number of rotatable bonds is 17. The number of benzene rings is 2.